The van der Waals surface area contributed by atoms with Crippen LogP contribution in [0.5, 0.6) is 0 Å². The van der Waals surface area contributed by atoms with E-state index in [0.29, 0.717) is 18.3 Å². The summed E-state index contributed by atoms with van der Waals surface area (Å²) in [6.07, 6.45) is 3.63. The first-order valence-corrected chi connectivity index (χ1v) is 7.16. The van der Waals surface area contributed by atoms with Gasteiger partial charge in [-0.25, -0.2) is 4.98 Å². The van der Waals surface area contributed by atoms with Crippen molar-refractivity contribution in [2.24, 2.45) is 0 Å². The highest BCUT2D eigenvalue weighted by atomic mass is 16.1. The average molecular weight is 261 g/mol. The number of rotatable bonds is 5. The van der Waals surface area contributed by atoms with E-state index in [9.17, 15) is 4.79 Å². The van der Waals surface area contributed by atoms with Crippen molar-refractivity contribution in [3.63, 3.8) is 0 Å². The van der Waals surface area contributed by atoms with Crippen molar-refractivity contribution in [1.82, 2.24) is 15.2 Å². The Hall–Kier alpha value is -1.42. The molecule has 1 fully saturated rings. The minimum absolute atomic E-state index is 0.0682. The van der Waals surface area contributed by atoms with Crippen LogP contribution in [0.2, 0.25) is 0 Å². The van der Waals surface area contributed by atoms with Gasteiger partial charge in [0.05, 0.1) is 0 Å². The number of pyridine rings is 1. The van der Waals surface area contributed by atoms with Crippen molar-refractivity contribution < 1.29 is 4.79 Å². The van der Waals surface area contributed by atoms with Crippen molar-refractivity contribution >= 4 is 5.91 Å². The third kappa shape index (κ3) is 3.77. The topological polar surface area (TPSA) is 45.2 Å². The Morgan fingerprint density at radius 3 is 2.79 bits per heavy atom. The molecule has 1 amide bonds. The lowest BCUT2D eigenvalue weighted by atomic mass is 10.2. The van der Waals surface area contributed by atoms with Gasteiger partial charge in [0.2, 0.25) is 0 Å². The molecule has 2 rings (SSSR count). The summed E-state index contributed by atoms with van der Waals surface area (Å²) in [4.78, 5) is 18.8. The van der Waals surface area contributed by atoms with Crippen LogP contribution in [0.1, 0.15) is 42.4 Å². The molecule has 1 aliphatic heterocycles. The van der Waals surface area contributed by atoms with E-state index in [1.54, 1.807) is 6.07 Å². The third-order valence-corrected chi connectivity index (χ3v) is 3.75. The Bertz CT molecular complexity index is 427. The number of hydrogen-bond donors (Lipinski definition) is 1. The van der Waals surface area contributed by atoms with E-state index in [0.717, 1.165) is 25.2 Å². The van der Waals surface area contributed by atoms with Gasteiger partial charge < -0.3 is 5.32 Å². The fourth-order valence-corrected chi connectivity index (χ4v) is 2.61. The Morgan fingerprint density at radius 1 is 1.42 bits per heavy atom. The first-order valence-electron chi connectivity index (χ1n) is 7.16. The maximum atomic E-state index is 12.0. The zero-order valence-corrected chi connectivity index (χ0v) is 11.9. The van der Waals surface area contributed by atoms with E-state index in [1.165, 1.54) is 12.8 Å². The number of aryl methyl sites for hydroxylation is 1. The molecule has 0 radical (unpaired) electrons. The molecule has 0 aromatic carbocycles. The summed E-state index contributed by atoms with van der Waals surface area (Å²) >= 11 is 0. The molecule has 0 spiro atoms. The molecule has 1 aliphatic rings. The quantitative estimate of drug-likeness (QED) is 0.881. The van der Waals surface area contributed by atoms with Crippen LogP contribution < -0.4 is 5.32 Å². The standard InChI is InChI=1S/C15H23N3O/c1-3-13(18-9-4-5-10-18)11-16-15(19)14-8-6-7-12(2)17-14/h6-8,13H,3-5,9-11H2,1-2H3,(H,16,19)/t13-/m1/s1. The Labute approximate surface area is 115 Å². The van der Waals surface area contributed by atoms with Crippen LogP contribution >= 0.6 is 0 Å². The summed E-state index contributed by atoms with van der Waals surface area (Å²) < 4.78 is 0. The van der Waals surface area contributed by atoms with Crippen LogP contribution in [0, 0.1) is 6.92 Å². The van der Waals surface area contributed by atoms with Gasteiger partial charge in [0.1, 0.15) is 5.69 Å². The average Bonchev–Trinajstić information content (AvgIpc) is 2.93. The second-order valence-corrected chi connectivity index (χ2v) is 5.18. The molecule has 104 valence electrons. The zero-order valence-electron chi connectivity index (χ0n) is 11.9. The molecule has 0 aliphatic carbocycles. The molecule has 1 aromatic heterocycles. The van der Waals surface area contributed by atoms with Crippen molar-refractivity contribution in [3.05, 3.63) is 29.6 Å². The van der Waals surface area contributed by atoms with E-state index in [1.807, 2.05) is 19.1 Å². The highest BCUT2D eigenvalue weighted by Crippen LogP contribution is 2.13. The summed E-state index contributed by atoms with van der Waals surface area (Å²) in [6, 6.07) is 5.99. The van der Waals surface area contributed by atoms with Gasteiger partial charge in [0, 0.05) is 18.3 Å². The van der Waals surface area contributed by atoms with E-state index in [2.05, 4.69) is 22.1 Å². The summed E-state index contributed by atoms with van der Waals surface area (Å²) in [5.41, 5.74) is 1.38. The molecule has 1 saturated heterocycles. The summed E-state index contributed by atoms with van der Waals surface area (Å²) in [5, 5.41) is 3.01. The molecule has 0 unspecified atom stereocenters. The maximum Gasteiger partial charge on any atom is 0.269 e. The summed E-state index contributed by atoms with van der Waals surface area (Å²) in [7, 11) is 0. The predicted octanol–water partition coefficient (Wildman–Crippen LogP) is 1.99. The van der Waals surface area contributed by atoms with Gasteiger partial charge in [0.25, 0.3) is 5.91 Å². The molecule has 1 N–H and O–H groups in total. The molecular formula is C15H23N3O. The lowest BCUT2D eigenvalue weighted by molar-refractivity contribution is 0.0932. The molecule has 1 aromatic rings. The molecule has 4 nitrogen and oxygen atoms in total. The molecule has 0 saturated carbocycles. The Morgan fingerprint density at radius 2 is 2.16 bits per heavy atom. The number of aromatic nitrogens is 1. The molecule has 0 bridgehead atoms. The second kappa shape index (κ2) is 6.66. The monoisotopic (exact) mass is 261 g/mol. The number of nitrogens with one attached hydrogen (secondary N) is 1. The van der Waals surface area contributed by atoms with Gasteiger partial charge in [-0.15, -0.1) is 0 Å². The van der Waals surface area contributed by atoms with Crippen LogP contribution in [0.15, 0.2) is 18.2 Å². The highest BCUT2D eigenvalue weighted by Gasteiger charge is 2.21. The minimum Gasteiger partial charge on any atom is -0.349 e. The van der Waals surface area contributed by atoms with E-state index >= 15 is 0 Å². The molecule has 4 heteroatoms. The van der Waals surface area contributed by atoms with Gasteiger partial charge >= 0.3 is 0 Å². The van der Waals surface area contributed by atoms with Crippen molar-refractivity contribution in [2.75, 3.05) is 19.6 Å². The number of nitrogens with zero attached hydrogens (tertiary/aromatic N) is 2. The van der Waals surface area contributed by atoms with E-state index < -0.39 is 0 Å². The summed E-state index contributed by atoms with van der Waals surface area (Å²) in [6.45, 7) is 7.12. The van der Waals surface area contributed by atoms with Gasteiger partial charge in [0.15, 0.2) is 0 Å². The lowest BCUT2D eigenvalue weighted by Gasteiger charge is -2.26. The zero-order chi connectivity index (χ0) is 13.7. The van der Waals surface area contributed by atoms with Crippen molar-refractivity contribution in [2.45, 2.75) is 39.2 Å². The van der Waals surface area contributed by atoms with Crippen molar-refractivity contribution in [3.8, 4) is 0 Å². The summed E-state index contributed by atoms with van der Waals surface area (Å²) in [5.74, 6) is -0.0682. The van der Waals surface area contributed by atoms with Gasteiger partial charge in [-0.3, -0.25) is 9.69 Å². The third-order valence-electron chi connectivity index (χ3n) is 3.75. The number of carbonyl (C=O) groups is 1. The molecule has 1 atom stereocenters. The fraction of sp³-hybridized carbons (Fsp3) is 0.600. The number of likely N-dealkylation sites (tertiary alicyclic amines) is 1. The Kier molecular flexibility index (Phi) is 4.91. The number of carbonyl (C=O) groups excluding carboxylic acids is 1. The van der Waals surface area contributed by atoms with E-state index in [-0.39, 0.29) is 5.91 Å². The minimum atomic E-state index is -0.0682. The smallest absolute Gasteiger partial charge is 0.269 e. The van der Waals surface area contributed by atoms with Crippen LogP contribution in [0.3, 0.4) is 0 Å². The lowest BCUT2D eigenvalue weighted by Crippen LogP contribution is -2.42. The maximum absolute atomic E-state index is 12.0. The Balaban J connectivity index is 1.88. The molecule has 19 heavy (non-hydrogen) atoms. The van der Waals surface area contributed by atoms with Gasteiger partial charge in [-0.1, -0.05) is 13.0 Å². The predicted molar refractivity (Wildman–Crippen MR) is 76.2 cm³/mol. The van der Waals surface area contributed by atoms with Crippen LogP contribution in [-0.4, -0.2) is 41.5 Å². The second-order valence-electron chi connectivity index (χ2n) is 5.18. The molecular weight excluding hydrogens is 238 g/mol. The number of amides is 1. The van der Waals surface area contributed by atoms with Crippen LogP contribution in [-0.2, 0) is 0 Å². The first-order chi connectivity index (χ1) is 9.20. The molecule has 2 heterocycles. The largest absolute Gasteiger partial charge is 0.349 e. The van der Waals surface area contributed by atoms with Gasteiger partial charge in [-0.2, -0.15) is 0 Å². The fourth-order valence-electron chi connectivity index (χ4n) is 2.61. The van der Waals surface area contributed by atoms with Gasteiger partial charge in [-0.05, 0) is 51.4 Å². The highest BCUT2D eigenvalue weighted by molar-refractivity contribution is 5.92. The normalized spacial score (nSPS) is 17.4. The van der Waals surface area contributed by atoms with E-state index in [4.69, 9.17) is 0 Å². The first kappa shape index (κ1) is 14.0. The number of hydrogen-bond acceptors (Lipinski definition) is 3. The van der Waals surface area contributed by atoms with Crippen LogP contribution in [0.4, 0.5) is 0 Å². The van der Waals surface area contributed by atoms with Crippen molar-refractivity contribution in [1.29, 1.82) is 0 Å². The SMILES string of the molecule is CC[C@H](CNC(=O)c1cccc(C)n1)N1CCCC1. The van der Waals surface area contributed by atoms with Crippen LogP contribution in [0.25, 0.3) is 0 Å².